The first-order chi connectivity index (χ1) is 6.61. The number of nitrogens with zero attached hydrogens (tertiary/aromatic N) is 1. The molecule has 0 aromatic carbocycles. The smallest absolute Gasteiger partial charge is 0.254 e. The van der Waals surface area contributed by atoms with Crippen LogP contribution in [-0.2, 0) is 0 Å². The number of nitrogens with one attached hydrogen (secondary N) is 1. The molecular weight excluding hydrogens is 204 g/mol. The highest BCUT2D eigenvalue weighted by Crippen LogP contribution is 2.10. The number of carbonyl (C=O) groups is 1. The second kappa shape index (κ2) is 4.93. The normalized spacial score (nSPS) is 12.2. The van der Waals surface area contributed by atoms with Crippen LogP contribution >= 0.6 is 11.6 Å². The van der Waals surface area contributed by atoms with Crippen molar-refractivity contribution >= 4 is 17.5 Å². The SMILES string of the molecule is C[C@H](O)CNC(=O)c1cccnc1Cl. The monoisotopic (exact) mass is 214 g/mol. The number of pyridine rings is 1. The molecule has 1 rings (SSSR count). The molecule has 0 spiro atoms. The summed E-state index contributed by atoms with van der Waals surface area (Å²) in [6, 6.07) is 3.20. The van der Waals surface area contributed by atoms with E-state index in [-0.39, 0.29) is 17.6 Å². The van der Waals surface area contributed by atoms with Crippen LogP contribution in [0.1, 0.15) is 17.3 Å². The Hall–Kier alpha value is -1.13. The fraction of sp³-hybridized carbons (Fsp3) is 0.333. The van der Waals surface area contributed by atoms with E-state index in [0.29, 0.717) is 5.56 Å². The lowest BCUT2D eigenvalue weighted by atomic mass is 10.2. The Bertz CT molecular complexity index is 328. The molecule has 1 amide bonds. The maximum atomic E-state index is 11.4. The maximum absolute atomic E-state index is 11.4. The summed E-state index contributed by atoms with van der Waals surface area (Å²) < 4.78 is 0. The van der Waals surface area contributed by atoms with Crippen molar-refractivity contribution in [2.24, 2.45) is 0 Å². The molecule has 0 saturated carbocycles. The van der Waals surface area contributed by atoms with E-state index in [1.165, 1.54) is 6.20 Å². The lowest BCUT2D eigenvalue weighted by Gasteiger charge is -2.07. The average Bonchev–Trinajstić information content (AvgIpc) is 2.15. The van der Waals surface area contributed by atoms with Gasteiger partial charge >= 0.3 is 0 Å². The quantitative estimate of drug-likeness (QED) is 0.734. The number of rotatable bonds is 3. The number of aliphatic hydroxyl groups excluding tert-OH is 1. The zero-order valence-corrected chi connectivity index (χ0v) is 8.45. The molecule has 0 saturated heterocycles. The summed E-state index contributed by atoms with van der Waals surface area (Å²) >= 11 is 5.70. The molecule has 0 fully saturated rings. The second-order valence-corrected chi connectivity index (χ2v) is 3.26. The molecule has 0 unspecified atom stereocenters. The predicted molar refractivity (Wildman–Crippen MR) is 53.3 cm³/mol. The molecule has 0 aliphatic carbocycles. The number of amides is 1. The number of hydrogen-bond acceptors (Lipinski definition) is 3. The first kappa shape index (κ1) is 10.9. The zero-order valence-electron chi connectivity index (χ0n) is 7.70. The van der Waals surface area contributed by atoms with Crippen LogP contribution in [-0.4, -0.2) is 28.6 Å². The van der Waals surface area contributed by atoms with E-state index in [1.54, 1.807) is 19.1 Å². The van der Waals surface area contributed by atoms with Gasteiger partial charge in [0.25, 0.3) is 5.91 Å². The molecule has 76 valence electrons. The van der Waals surface area contributed by atoms with Gasteiger partial charge in [-0.3, -0.25) is 4.79 Å². The van der Waals surface area contributed by atoms with Crippen molar-refractivity contribution in [3.63, 3.8) is 0 Å². The van der Waals surface area contributed by atoms with Crippen molar-refractivity contribution in [1.82, 2.24) is 10.3 Å². The molecule has 0 bridgehead atoms. The van der Waals surface area contributed by atoms with Gasteiger partial charge in [-0.2, -0.15) is 0 Å². The summed E-state index contributed by atoms with van der Waals surface area (Å²) in [7, 11) is 0. The fourth-order valence-corrected chi connectivity index (χ4v) is 1.10. The van der Waals surface area contributed by atoms with E-state index in [2.05, 4.69) is 10.3 Å². The third-order valence-corrected chi connectivity index (χ3v) is 1.86. The Balaban J connectivity index is 2.65. The average molecular weight is 215 g/mol. The molecule has 1 aromatic heterocycles. The Kier molecular flexibility index (Phi) is 3.85. The summed E-state index contributed by atoms with van der Waals surface area (Å²) in [6.07, 6.45) is 0.933. The van der Waals surface area contributed by atoms with Crippen molar-refractivity contribution in [3.8, 4) is 0 Å². The van der Waals surface area contributed by atoms with E-state index in [9.17, 15) is 4.79 Å². The molecule has 1 heterocycles. The van der Waals surface area contributed by atoms with Gasteiger partial charge < -0.3 is 10.4 Å². The van der Waals surface area contributed by atoms with Gasteiger partial charge in [0.2, 0.25) is 0 Å². The molecule has 1 atom stereocenters. The van der Waals surface area contributed by atoms with Gasteiger partial charge in [-0.1, -0.05) is 11.6 Å². The fourth-order valence-electron chi connectivity index (χ4n) is 0.891. The summed E-state index contributed by atoms with van der Waals surface area (Å²) in [6.45, 7) is 1.79. The number of hydrogen-bond donors (Lipinski definition) is 2. The van der Waals surface area contributed by atoms with Crippen LogP contribution < -0.4 is 5.32 Å². The van der Waals surface area contributed by atoms with E-state index in [1.807, 2.05) is 0 Å². The number of aliphatic hydroxyl groups is 1. The molecule has 0 aliphatic rings. The van der Waals surface area contributed by atoms with E-state index in [4.69, 9.17) is 16.7 Å². The van der Waals surface area contributed by atoms with Crippen molar-refractivity contribution in [2.45, 2.75) is 13.0 Å². The molecule has 0 radical (unpaired) electrons. The van der Waals surface area contributed by atoms with Crippen molar-refractivity contribution in [3.05, 3.63) is 29.0 Å². The minimum atomic E-state index is -0.575. The van der Waals surface area contributed by atoms with Crippen LogP contribution in [0.25, 0.3) is 0 Å². The van der Waals surface area contributed by atoms with Gasteiger partial charge in [0, 0.05) is 12.7 Å². The minimum absolute atomic E-state index is 0.163. The van der Waals surface area contributed by atoms with Crippen molar-refractivity contribution in [2.75, 3.05) is 6.54 Å². The zero-order chi connectivity index (χ0) is 10.6. The molecular formula is C9H11ClN2O2. The first-order valence-electron chi connectivity index (χ1n) is 4.18. The number of halogens is 1. The Morgan fingerprint density at radius 1 is 1.79 bits per heavy atom. The lowest BCUT2D eigenvalue weighted by Crippen LogP contribution is -2.30. The van der Waals surface area contributed by atoms with E-state index in [0.717, 1.165) is 0 Å². The van der Waals surface area contributed by atoms with Gasteiger partial charge in [-0.05, 0) is 19.1 Å². The first-order valence-corrected chi connectivity index (χ1v) is 4.56. The van der Waals surface area contributed by atoms with Gasteiger partial charge in [0.05, 0.1) is 11.7 Å². The van der Waals surface area contributed by atoms with E-state index >= 15 is 0 Å². The highest BCUT2D eigenvalue weighted by Gasteiger charge is 2.10. The molecule has 14 heavy (non-hydrogen) atoms. The number of aromatic nitrogens is 1. The molecule has 0 aliphatic heterocycles. The van der Waals surface area contributed by atoms with Gasteiger partial charge in [-0.15, -0.1) is 0 Å². The van der Waals surface area contributed by atoms with Crippen LogP contribution in [0, 0.1) is 0 Å². The Morgan fingerprint density at radius 3 is 3.07 bits per heavy atom. The molecule has 1 aromatic rings. The third-order valence-electron chi connectivity index (χ3n) is 1.56. The van der Waals surface area contributed by atoms with Crippen molar-refractivity contribution in [1.29, 1.82) is 0 Å². The van der Waals surface area contributed by atoms with Gasteiger partial charge in [0.15, 0.2) is 0 Å². The summed E-state index contributed by atoms with van der Waals surface area (Å²) in [5, 5.41) is 11.6. The second-order valence-electron chi connectivity index (χ2n) is 2.90. The summed E-state index contributed by atoms with van der Waals surface area (Å²) in [4.78, 5) is 15.2. The Labute approximate surface area is 86.9 Å². The summed E-state index contributed by atoms with van der Waals surface area (Å²) in [5.74, 6) is -0.330. The van der Waals surface area contributed by atoms with Crippen LogP contribution in [0.5, 0.6) is 0 Å². The molecule has 2 N–H and O–H groups in total. The summed E-state index contributed by atoms with van der Waals surface area (Å²) in [5.41, 5.74) is 0.315. The van der Waals surface area contributed by atoms with Crippen molar-refractivity contribution < 1.29 is 9.90 Å². The molecule has 4 nitrogen and oxygen atoms in total. The largest absolute Gasteiger partial charge is 0.392 e. The third kappa shape index (κ3) is 2.97. The highest BCUT2D eigenvalue weighted by atomic mass is 35.5. The standard InChI is InChI=1S/C9H11ClN2O2/c1-6(13)5-12-9(14)7-3-2-4-11-8(7)10/h2-4,6,13H,5H2,1H3,(H,12,14)/t6-/m0/s1. The van der Waals surface area contributed by atoms with Crippen LogP contribution in [0.15, 0.2) is 18.3 Å². The van der Waals surface area contributed by atoms with Gasteiger partial charge in [0.1, 0.15) is 5.15 Å². The minimum Gasteiger partial charge on any atom is -0.392 e. The topological polar surface area (TPSA) is 62.2 Å². The van der Waals surface area contributed by atoms with Gasteiger partial charge in [-0.25, -0.2) is 4.98 Å². The van der Waals surface area contributed by atoms with E-state index < -0.39 is 6.10 Å². The van der Waals surface area contributed by atoms with Crippen LogP contribution in [0.2, 0.25) is 5.15 Å². The maximum Gasteiger partial charge on any atom is 0.254 e. The Morgan fingerprint density at radius 2 is 2.50 bits per heavy atom. The van der Waals surface area contributed by atoms with Crippen LogP contribution in [0.4, 0.5) is 0 Å². The van der Waals surface area contributed by atoms with Crippen LogP contribution in [0.3, 0.4) is 0 Å². The highest BCUT2D eigenvalue weighted by molar-refractivity contribution is 6.32. The molecule has 5 heteroatoms. The predicted octanol–water partition coefficient (Wildman–Crippen LogP) is 0.846. The lowest BCUT2D eigenvalue weighted by molar-refractivity contribution is 0.0924. The number of carbonyl (C=O) groups excluding carboxylic acids is 1.